The Morgan fingerprint density at radius 3 is 2.29 bits per heavy atom. The smallest absolute Gasteiger partial charge is 0.183 e. The Labute approximate surface area is 135 Å². The maximum absolute atomic E-state index is 12.1. The molecule has 21 heavy (non-hydrogen) atoms. The van der Waals surface area contributed by atoms with Gasteiger partial charge in [0.25, 0.3) is 0 Å². The van der Waals surface area contributed by atoms with E-state index in [0.717, 1.165) is 25.1 Å². The minimum atomic E-state index is -0.446. The highest BCUT2D eigenvalue weighted by Gasteiger charge is 2.18. The van der Waals surface area contributed by atoms with Crippen LogP contribution in [0.3, 0.4) is 0 Å². The number of halogens is 1. The highest BCUT2D eigenvalue weighted by atomic mass is 35.5. The van der Waals surface area contributed by atoms with Crippen LogP contribution in [-0.2, 0) is 0 Å². The lowest BCUT2D eigenvalue weighted by Crippen LogP contribution is -2.29. The normalized spacial score (nSPS) is 12.5. The molecule has 0 saturated heterocycles. The average Bonchev–Trinajstić information content (AvgIpc) is 2.42. The summed E-state index contributed by atoms with van der Waals surface area (Å²) in [5.74, 6) is 0. The van der Waals surface area contributed by atoms with Crippen molar-refractivity contribution in [2.45, 2.75) is 36.1 Å². The van der Waals surface area contributed by atoms with Crippen LogP contribution in [0.15, 0.2) is 58.3 Å². The van der Waals surface area contributed by atoms with Crippen molar-refractivity contribution in [3.63, 3.8) is 0 Å². The Morgan fingerprint density at radius 1 is 1.05 bits per heavy atom. The van der Waals surface area contributed by atoms with Gasteiger partial charge in [-0.15, -0.1) is 0 Å². The van der Waals surface area contributed by atoms with E-state index >= 15 is 0 Å². The molecule has 0 amide bonds. The largest absolute Gasteiger partial charge is 0.623 e. The molecule has 110 valence electrons. The molecule has 0 aliphatic heterocycles. The predicted molar refractivity (Wildman–Crippen MR) is 90.6 cm³/mol. The Hall–Kier alpha value is -1.45. The second kappa shape index (κ2) is 6.54. The van der Waals surface area contributed by atoms with E-state index in [1.54, 1.807) is 18.0 Å². The second-order valence-electron chi connectivity index (χ2n) is 5.72. The Balaban J connectivity index is 2.31. The summed E-state index contributed by atoms with van der Waals surface area (Å²) in [4.78, 5) is 2.14. The topological polar surface area (TPSA) is 26.1 Å². The van der Waals surface area contributed by atoms with Gasteiger partial charge in [-0.2, -0.15) is 0 Å². The molecule has 0 aromatic heterocycles. The minimum absolute atomic E-state index is 0.446. The van der Waals surface area contributed by atoms with E-state index in [2.05, 4.69) is 0 Å². The molecule has 2 rings (SSSR count). The number of benzene rings is 2. The van der Waals surface area contributed by atoms with Gasteiger partial charge in [0.05, 0.1) is 5.56 Å². The maximum atomic E-state index is 12.1. The van der Waals surface area contributed by atoms with Crippen molar-refractivity contribution in [3.05, 3.63) is 64.3 Å². The summed E-state index contributed by atoms with van der Waals surface area (Å²) in [5, 5.41) is 12.8. The van der Waals surface area contributed by atoms with Crippen LogP contribution in [0.5, 0.6) is 0 Å². The first-order valence-electron chi connectivity index (χ1n) is 6.70. The van der Waals surface area contributed by atoms with Crippen LogP contribution in [0, 0.1) is 5.21 Å². The zero-order valence-electron chi connectivity index (χ0n) is 12.3. The minimum Gasteiger partial charge on any atom is -0.623 e. The average molecular weight is 320 g/mol. The molecule has 2 aromatic carbocycles. The third-order valence-electron chi connectivity index (χ3n) is 2.88. The van der Waals surface area contributed by atoms with Gasteiger partial charge in [0.1, 0.15) is 0 Å². The molecule has 0 radical (unpaired) electrons. The lowest BCUT2D eigenvalue weighted by atomic mass is 10.1. The maximum Gasteiger partial charge on any atom is 0.183 e. The third kappa shape index (κ3) is 4.51. The van der Waals surface area contributed by atoms with E-state index in [9.17, 15) is 5.21 Å². The number of hydrogen-bond acceptors (Lipinski definition) is 2. The molecule has 0 aliphatic rings. The summed E-state index contributed by atoms with van der Waals surface area (Å²) in [6.45, 7) is 5.68. The van der Waals surface area contributed by atoms with Crippen LogP contribution in [0.1, 0.15) is 26.3 Å². The first kappa shape index (κ1) is 15.9. The van der Waals surface area contributed by atoms with Crippen LogP contribution < -0.4 is 0 Å². The van der Waals surface area contributed by atoms with Gasteiger partial charge in [-0.05, 0) is 36.4 Å². The van der Waals surface area contributed by atoms with E-state index in [4.69, 9.17) is 11.6 Å². The summed E-state index contributed by atoms with van der Waals surface area (Å²) >= 11 is 7.52. The molecule has 0 bridgehead atoms. The van der Waals surface area contributed by atoms with Crippen LogP contribution >= 0.6 is 23.4 Å². The van der Waals surface area contributed by atoms with E-state index in [0.29, 0.717) is 0 Å². The summed E-state index contributed by atoms with van der Waals surface area (Å²) in [6.07, 6.45) is 1.65. The lowest BCUT2D eigenvalue weighted by molar-refractivity contribution is -0.530. The Bertz CT molecular complexity index is 645. The number of nitrogens with zero attached hydrogens (tertiary/aromatic N) is 1. The molecule has 2 nitrogen and oxygen atoms in total. The zero-order chi connectivity index (χ0) is 15.5. The third-order valence-corrected chi connectivity index (χ3v) is 4.23. The van der Waals surface area contributed by atoms with Gasteiger partial charge in [0, 0.05) is 35.6 Å². The summed E-state index contributed by atoms with van der Waals surface area (Å²) < 4.78 is 0.994. The van der Waals surface area contributed by atoms with Crippen molar-refractivity contribution in [2.75, 3.05) is 0 Å². The molecule has 2 aromatic rings. The quantitative estimate of drug-likeness (QED) is 0.335. The monoisotopic (exact) mass is 319 g/mol. The number of hydrogen-bond donors (Lipinski definition) is 0. The SMILES string of the molecule is CC(C)(C)[N+]([O-])=Cc1ccccc1Sc1ccc(Cl)cc1. The van der Waals surface area contributed by atoms with Gasteiger partial charge in [0.15, 0.2) is 11.8 Å². The zero-order valence-corrected chi connectivity index (χ0v) is 13.9. The number of hydroxylamine groups is 1. The van der Waals surface area contributed by atoms with Crippen LogP contribution in [0.2, 0.25) is 5.02 Å². The van der Waals surface area contributed by atoms with Crippen molar-refractivity contribution in [2.24, 2.45) is 0 Å². The fourth-order valence-corrected chi connectivity index (χ4v) is 2.67. The van der Waals surface area contributed by atoms with Gasteiger partial charge in [-0.1, -0.05) is 35.5 Å². The first-order valence-corrected chi connectivity index (χ1v) is 7.89. The van der Waals surface area contributed by atoms with Crippen LogP contribution in [-0.4, -0.2) is 16.5 Å². The molecule has 0 saturated carbocycles. The van der Waals surface area contributed by atoms with E-state index < -0.39 is 5.54 Å². The first-order chi connectivity index (χ1) is 9.86. The standard InChI is InChI=1S/C17H18ClNOS/c1-17(2,3)19(20)12-13-6-4-5-7-16(13)21-15-10-8-14(18)9-11-15/h4-12H,1-3H3. The van der Waals surface area contributed by atoms with E-state index in [1.165, 1.54) is 0 Å². The summed E-state index contributed by atoms with van der Waals surface area (Å²) in [7, 11) is 0. The molecule has 0 N–H and O–H groups in total. The van der Waals surface area contributed by atoms with E-state index in [-0.39, 0.29) is 0 Å². The second-order valence-corrected chi connectivity index (χ2v) is 7.27. The van der Waals surface area contributed by atoms with Crippen LogP contribution in [0.25, 0.3) is 0 Å². The Morgan fingerprint density at radius 2 is 1.67 bits per heavy atom. The fraction of sp³-hybridized carbons (Fsp3) is 0.235. The Kier molecular flexibility index (Phi) is 4.96. The highest BCUT2D eigenvalue weighted by molar-refractivity contribution is 7.99. The van der Waals surface area contributed by atoms with Crippen molar-refractivity contribution >= 4 is 29.6 Å². The van der Waals surface area contributed by atoms with Gasteiger partial charge < -0.3 is 5.21 Å². The molecule has 0 fully saturated rings. The van der Waals surface area contributed by atoms with Gasteiger partial charge in [0.2, 0.25) is 0 Å². The highest BCUT2D eigenvalue weighted by Crippen LogP contribution is 2.30. The number of rotatable bonds is 3. The molecular formula is C17H18ClNOS. The molecule has 0 unspecified atom stereocenters. The van der Waals surface area contributed by atoms with Gasteiger partial charge >= 0.3 is 0 Å². The fourth-order valence-electron chi connectivity index (χ4n) is 1.63. The predicted octanol–water partition coefficient (Wildman–Crippen LogP) is 5.22. The lowest BCUT2D eigenvalue weighted by Gasteiger charge is -2.19. The van der Waals surface area contributed by atoms with Gasteiger partial charge in [-0.25, -0.2) is 4.74 Å². The van der Waals surface area contributed by atoms with Gasteiger partial charge in [-0.3, -0.25) is 0 Å². The molecule has 0 atom stereocenters. The molecular weight excluding hydrogens is 302 g/mol. The van der Waals surface area contributed by atoms with E-state index in [1.807, 2.05) is 69.3 Å². The molecule has 0 spiro atoms. The molecule has 4 heteroatoms. The molecule has 0 heterocycles. The summed E-state index contributed by atoms with van der Waals surface area (Å²) in [6, 6.07) is 15.6. The molecule has 0 aliphatic carbocycles. The summed E-state index contributed by atoms with van der Waals surface area (Å²) in [5.41, 5.74) is 0.472. The van der Waals surface area contributed by atoms with Crippen molar-refractivity contribution in [1.82, 2.24) is 0 Å². The van der Waals surface area contributed by atoms with Crippen LogP contribution in [0.4, 0.5) is 0 Å². The van der Waals surface area contributed by atoms with Crippen molar-refractivity contribution in [1.29, 1.82) is 0 Å². The van der Waals surface area contributed by atoms with Crippen molar-refractivity contribution < 1.29 is 4.74 Å². The van der Waals surface area contributed by atoms with Crippen molar-refractivity contribution in [3.8, 4) is 0 Å².